The van der Waals surface area contributed by atoms with Crippen molar-refractivity contribution >= 4 is 23.4 Å². The molecule has 9 heteroatoms. The van der Waals surface area contributed by atoms with Crippen molar-refractivity contribution < 1.29 is 8.91 Å². The number of rotatable bonds is 5. The molecule has 0 amide bonds. The molecule has 0 unspecified atom stereocenters. The molecular formula is C17H11ClFN5OS. The zero-order chi connectivity index (χ0) is 17.9. The molecule has 130 valence electrons. The molecule has 2 aromatic heterocycles. The molecule has 0 saturated heterocycles. The van der Waals surface area contributed by atoms with Crippen molar-refractivity contribution in [3.63, 3.8) is 0 Å². The maximum atomic E-state index is 14.0. The van der Waals surface area contributed by atoms with Crippen LogP contribution in [0.2, 0.25) is 5.02 Å². The molecule has 0 N–H and O–H groups in total. The van der Waals surface area contributed by atoms with Gasteiger partial charge in [-0.25, -0.2) is 4.39 Å². The SMILES string of the molecule is Fc1ccccc1-n1cnnc1SCc1nc(-c2cccc(Cl)c2)no1. The first-order chi connectivity index (χ1) is 12.7. The highest BCUT2D eigenvalue weighted by molar-refractivity contribution is 7.98. The van der Waals surface area contributed by atoms with Gasteiger partial charge in [0, 0.05) is 10.6 Å². The van der Waals surface area contributed by atoms with Crippen molar-refractivity contribution in [1.82, 2.24) is 24.9 Å². The summed E-state index contributed by atoms with van der Waals surface area (Å²) in [5.74, 6) is 0.905. The lowest BCUT2D eigenvalue weighted by Gasteiger charge is -2.05. The van der Waals surface area contributed by atoms with Crippen molar-refractivity contribution in [2.24, 2.45) is 0 Å². The molecule has 4 aromatic rings. The molecule has 0 saturated carbocycles. The Balaban J connectivity index is 1.51. The van der Waals surface area contributed by atoms with Gasteiger partial charge in [0.25, 0.3) is 0 Å². The number of hydrogen-bond donors (Lipinski definition) is 0. The topological polar surface area (TPSA) is 69.6 Å². The van der Waals surface area contributed by atoms with Crippen molar-refractivity contribution in [1.29, 1.82) is 0 Å². The minimum atomic E-state index is -0.352. The fourth-order valence-corrected chi connectivity index (χ4v) is 3.27. The van der Waals surface area contributed by atoms with Gasteiger partial charge in [0.15, 0.2) is 5.16 Å². The Kier molecular flexibility index (Phi) is 4.68. The van der Waals surface area contributed by atoms with Crippen LogP contribution in [0.1, 0.15) is 5.89 Å². The maximum absolute atomic E-state index is 14.0. The summed E-state index contributed by atoms with van der Waals surface area (Å²) in [7, 11) is 0. The molecule has 2 heterocycles. The van der Waals surface area contributed by atoms with Gasteiger partial charge in [0.1, 0.15) is 12.1 Å². The summed E-state index contributed by atoms with van der Waals surface area (Å²) >= 11 is 7.30. The minimum Gasteiger partial charge on any atom is -0.338 e. The highest BCUT2D eigenvalue weighted by atomic mass is 35.5. The molecule has 0 aliphatic rings. The largest absolute Gasteiger partial charge is 0.338 e. The summed E-state index contributed by atoms with van der Waals surface area (Å²) in [5, 5.41) is 13.0. The molecule has 2 aromatic carbocycles. The average molecular weight is 388 g/mol. The summed E-state index contributed by atoms with van der Waals surface area (Å²) in [6, 6.07) is 13.6. The molecule has 6 nitrogen and oxygen atoms in total. The van der Waals surface area contributed by atoms with Crippen molar-refractivity contribution in [2.45, 2.75) is 10.9 Å². The second-order valence-corrected chi connectivity index (χ2v) is 6.62. The molecule has 0 radical (unpaired) electrons. The molecule has 0 aliphatic heterocycles. The number of para-hydroxylation sites is 1. The normalized spacial score (nSPS) is 11.0. The van der Waals surface area contributed by atoms with Gasteiger partial charge in [-0.1, -0.05) is 52.8 Å². The molecule has 26 heavy (non-hydrogen) atoms. The van der Waals surface area contributed by atoms with Crippen molar-refractivity contribution in [3.8, 4) is 17.1 Å². The minimum absolute atomic E-state index is 0.352. The van der Waals surface area contributed by atoms with Crippen LogP contribution in [0.4, 0.5) is 4.39 Å². The lowest BCUT2D eigenvalue weighted by molar-refractivity contribution is 0.391. The lowest BCUT2D eigenvalue weighted by Crippen LogP contribution is -1.98. The predicted octanol–water partition coefficient (Wildman–Crippen LogP) is 4.40. The zero-order valence-electron chi connectivity index (χ0n) is 13.2. The predicted molar refractivity (Wildman–Crippen MR) is 95.6 cm³/mol. The standard InChI is InChI=1S/C17H11ClFN5OS/c18-12-5-3-4-11(8-12)16-21-15(25-23-16)9-26-17-22-20-10-24(17)14-7-2-1-6-13(14)19/h1-8,10H,9H2. The van der Waals surface area contributed by atoms with Crippen LogP contribution in [0.5, 0.6) is 0 Å². The second kappa shape index (κ2) is 7.27. The van der Waals surface area contributed by atoms with Crippen LogP contribution >= 0.6 is 23.4 Å². The van der Waals surface area contributed by atoms with E-state index in [9.17, 15) is 4.39 Å². The molecule has 0 atom stereocenters. The van der Waals surface area contributed by atoms with Crippen LogP contribution in [0.25, 0.3) is 17.1 Å². The first kappa shape index (κ1) is 16.7. The third-order valence-electron chi connectivity index (χ3n) is 3.50. The number of nitrogens with zero attached hydrogens (tertiary/aromatic N) is 5. The van der Waals surface area contributed by atoms with Gasteiger partial charge in [-0.05, 0) is 24.3 Å². The van der Waals surface area contributed by atoms with Crippen LogP contribution in [0.3, 0.4) is 0 Å². The Bertz CT molecular complexity index is 1050. The van der Waals surface area contributed by atoms with E-state index in [1.165, 1.54) is 24.2 Å². The first-order valence-electron chi connectivity index (χ1n) is 7.57. The molecule has 0 bridgehead atoms. The Morgan fingerprint density at radius 3 is 2.88 bits per heavy atom. The Labute approximate surface area is 157 Å². The van der Waals surface area contributed by atoms with Gasteiger partial charge in [-0.3, -0.25) is 4.57 Å². The molecule has 0 aliphatic carbocycles. The van der Waals surface area contributed by atoms with Crippen molar-refractivity contribution in [2.75, 3.05) is 0 Å². The number of aromatic nitrogens is 5. The average Bonchev–Trinajstić information content (AvgIpc) is 3.30. The van der Waals surface area contributed by atoms with Crippen LogP contribution < -0.4 is 0 Å². The Morgan fingerprint density at radius 2 is 2.04 bits per heavy atom. The maximum Gasteiger partial charge on any atom is 0.237 e. The second-order valence-electron chi connectivity index (χ2n) is 5.25. The van der Waals surface area contributed by atoms with E-state index in [0.29, 0.717) is 33.3 Å². The van der Waals surface area contributed by atoms with Gasteiger partial charge in [-0.2, -0.15) is 4.98 Å². The number of halogens is 2. The van der Waals surface area contributed by atoms with Crippen LogP contribution in [-0.2, 0) is 5.75 Å². The number of benzene rings is 2. The first-order valence-corrected chi connectivity index (χ1v) is 8.93. The highest BCUT2D eigenvalue weighted by Crippen LogP contribution is 2.25. The Morgan fingerprint density at radius 1 is 1.15 bits per heavy atom. The van der Waals surface area contributed by atoms with Gasteiger partial charge < -0.3 is 4.52 Å². The lowest BCUT2D eigenvalue weighted by atomic mass is 10.2. The summed E-state index contributed by atoms with van der Waals surface area (Å²) < 4.78 is 20.8. The highest BCUT2D eigenvalue weighted by Gasteiger charge is 2.14. The van der Waals surface area contributed by atoms with E-state index in [0.717, 1.165) is 5.56 Å². The Hall–Kier alpha value is -2.71. The summed E-state index contributed by atoms with van der Waals surface area (Å²) in [4.78, 5) is 4.35. The third kappa shape index (κ3) is 3.47. The third-order valence-corrected chi connectivity index (χ3v) is 4.67. The van der Waals surface area contributed by atoms with Crippen LogP contribution in [0.15, 0.2) is 64.5 Å². The van der Waals surface area contributed by atoms with Gasteiger partial charge in [0.05, 0.1) is 11.4 Å². The van der Waals surface area contributed by atoms with E-state index in [4.69, 9.17) is 16.1 Å². The van der Waals surface area contributed by atoms with E-state index in [-0.39, 0.29) is 5.82 Å². The quantitative estimate of drug-likeness (QED) is 0.473. The molecular weight excluding hydrogens is 377 g/mol. The van der Waals surface area contributed by atoms with E-state index >= 15 is 0 Å². The fourth-order valence-electron chi connectivity index (χ4n) is 2.32. The van der Waals surface area contributed by atoms with Gasteiger partial charge in [-0.15, -0.1) is 10.2 Å². The van der Waals surface area contributed by atoms with Gasteiger partial charge >= 0.3 is 0 Å². The van der Waals surface area contributed by atoms with Crippen molar-refractivity contribution in [3.05, 3.63) is 71.6 Å². The monoisotopic (exact) mass is 387 g/mol. The van der Waals surface area contributed by atoms with Gasteiger partial charge in [0.2, 0.25) is 11.7 Å². The zero-order valence-corrected chi connectivity index (χ0v) is 14.8. The van der Waals surface area contributed by atoms with E-state index < -0.39 is 0 Å². The number of hydrogen-bond acceptors (Lipinski definition) is 6. The smallest absolute Gasteiger partial charge is 0.237 e. The van der Waals surface area contributed by atoms with E-state index in [1.54, 1.807) is 34.9 Å². The molecule has 0 fully saturated rings. The van der Waals surface area contributed by atoms with Crippen LogP contribution in [0, 0.1) is 5.82 Å². The van der Waals surface area contributed by atoms with E-state index in [1.807, 2.05) is 12.1 Å². The fraction of sp³-hybridized carbons (Fsp3) is 0.0588. The summed E-state index contributed by atoms with van der Waals surface area (Å²) in [5.41, 5.74) is 1.15. The summed E-state index contributed by atoms with van der Waals surface area (Å²) in [6.45, 7) is 0. The number of thioether (sulfide) groups is 1. The molecule has 0 spiro atoms. The molecule has 4 rings (SSSR count). The van der Waals surface area contributed by atoms with E-state index in [2.05, 4.69) is 20.3 Å². The van der Waals surface area contributed by atoms with Crippen LogP contribution in [-0.4, -0.2) is 24.9 Å². The summed E-state index contributed by atoms with van der Waals surface area (Å²) in [6.07, 6.45) is 1.46.